The summed E-state index contributed by atoms with van der Waals surface area (Å²) in [5.74, 6) is 1.84. The third kappa shape index (κ3) is 3.76. The number of rotatable bonds is 7. The fourth-order valence-electron chi connectivity index (χ4n) is 2.36. The SMILES string of the molecule is CCC(Sc1nnc(-c2ccoc2C)o1)C(=O)c1ccc(OC)cc1. The standard InChI is InChI=1S/C18H18N2O4S/c1-4-15(16(21)12-5-7-13(22-3)8-6-12)25-18-20-19-17(24-18)14-9-10-23-11(14)2/h5-10,15H,4H2,1-3H3. The van der Waals surface area contributed by atoms with Gasteiger partial charge in [-0.1, -0.05) is 18.7 Å². The van der Waals surface area contributed by atoms with Gasteiger partial charge in [-0.05, 0) is 43.7 Å². The molecule has 0 fully saturated rings. The van der Waals surface area contributed by atoms with Crippen molar-refractivity contribution in [3.05, 3.63) is 47.9 Å². The van der Waals surface area contributed by atoms with Crippen LogP contribution in [0.3, 0.4) is 0 Å². The third-order valence-corrected chi connectivity index (χ3v) is 4.98. The van der Waals surface area contributed by atoms with E-state index in [-0.39, 0.29) is 11.0 Å². The summed E-state index contributed by atoms with van der Waals surface area (Å²) in [5.41, 5.74) is 1.39. The van der Waals surface area contributed by atoms with Gasteiger partial charge in [-0.2, -0.15) is 0 Å². The fraction of sp³-hybridized carbons (Fsp3) is 0.278. The molecule has 2 aromatic heterocycles. The van der Waals surface area contributed by atoms with E-state index in [1.165, 1.54) is 11.8 Å². The quantitative estimate of drug-likeness (QED) is 0.457. The summed E-state index contributed by atoms with van der Waals surface area (Å²) in [4.78, 5) is 12.7. The first-order valence-corrected chi connectivity index (χ1v) is 8.73. The van der Waals surface area contributed by atoms with Crippen molar-refractivity contribution in [2.75, 3.05) is 7.11 Å². The topological polar surface area (TPSA) is 78.4 Å². The Morgan fingerprint density at radius 3 is 2.60 bits per heavy atom. The lowest BCUT2D eigenvalue weighted by molar-refractivity contribution is 0.0987. The van der Waals surface area contributed by atoms with E-state index in [4.69, 9.17) is 13.6 Å². The summed E-state index contributed by atoms with van der Waals surface area (Å²) < 4.78 is 16.0. The number of carbonyl (C=O) groups excluding carboxylic acids is 1. The van der Waals surface area contributed by atoms with Crippen molar-refractivity contribution in [2.45, 2.75) is 30.7 Å². The largest absolute Gasteiger partial charge is 0.497 e. The molecule has 0 saturated heterocycles. The highest BCUT2D eigenvalue weighted by Gasteiger charge is 2.23. The van der Waals surface area contributed by atoms with E-state index in [2.05, 4.69) is 10.2 Å². The van der Waals surface area contributed by atoms with Gasteiger partial charge < -0.3 is 13.6 Å². The molecule has 7 heteroatoms. The zero-order valence-corrected chi connectivity index (χ0v) is 15.0. The Bertz CT molecular complexity index is 854. The van der Waals surface area contributed by atoms with Crippen molar-refractivity contribution in [1.82, 2.24) is 10.2 Å². The maximum atomic E-state index is 12.7. The van der Waals surface area contributed by atoms with E-state index in [0.29, 0.717) is 34.6 Å². The Balaban J connectivity index is 1.74. The number of hydrogen-bond acceptors (Lipinski definition) is 7. The van der Waals surface area contributed by atoms with E-state index in [9.17, 15) is 4.79 Å². The number of aromatic nitrogens is 2. The Labute approximate surface area is 149 Å². The van der Waals surface area contributed by atoms with E-state index >= 15 is 0 Å². The molecule has 0 N–H and O–H groups in total. The Hall–Kier alpha value is -2.54. The minimum atomic E-state index is -0.299. The van der Waals surface area contributed by atoms with Gasteiger partial charge in [-0.25, -0.2) is 0 Å². The molecular formula is C18H18N2O4S. The maximum absolute atomic E-state index is 12.7. The number of ether oxygens (including phenoxy) is 1. The lowest BCUT2D eigenvalue weighted by Gasteiger charge is -2.11. The molecule has 3 rings (SSSR count). The molecular weight excluding hydrogens is 340 g/mol. The van der Waals surface area contributed by atoms with E-state index in [1.807, 2.05) is 13.8 Å². The van der Waals surface area contributed by atoms with Gasteiger partial charge in [0.05, 0.1) is 24.2 Å². The van der Waals surface area contributed by atoms with Crippen LogP contribution in [0.5, 0.6) is 5.75 Å². The molecule has 0 saturated carbocycles. The van der Waals surface area contributed by atoms with Crippen LogP contribution in [0.4, 0.5) is 0 Å². The van der Waals surface area contributed by atoms with Gasteiger partial charge in [0.1, 0.15) is 11.5 Å². The number of furan rings is 1. The van der Waals surface area contributed by atoms with Gasteiger partial charge in [0, 0.05) is 5.56 Å². The van der Waals surface area contributed by atoms with Crippen molar-refractivity contribution in [1.29, 1.82) is 0 Å². The molecule has 6 nitrogen and oxygen atoms in total. The Kier molecular flexibility index (Phi) is 5.23. The van der Waals surface area contributed by atoms with Crippen molar-refractivity contribution in [3.63, 3.8) is 0 Å². The molecule has 0 aliphatic carbocycles. The number of methoxy groups -OCH3 is 1. The smallest absolute Gasteiger partial charge is 0.277 e. The number of nitrogens with zero attached hydrogens (tertiary/aromatic N) is 2. The molecule has 130 valence electrons. The molecule has 0 amide bonds. The molecule has 1 atom stereocenters. The zero-order valence-electron chi connectivity index (χ0n) is 14.2. The average molecular weight is 358 g/mol. The second-order valence-corrected chi connectivity index (χ2v) is 6.53. The lowest BCUT2D eigenvalue weighted by atomic mass is 10.1. The monoisotopic (exact) mass is 358 g/mol. The van der Waals surface area contributed by atoms with Crippen LogP contribution in [0, 0.1) is 6.92 Å². The highest BCUT2D eigenvalue weighted by Crippen LogP contribution is 2.31. The van der Waals surface area contributed by atoms with E-state index in [0.717, 1.165) is 5.56 Å². The lowest BCUT2D eigenvalue weighted by Crippen LogP contribution is -2.16. The van der Waals surface area contributed by atoms with E-state index < -0.39 is 0 Å². The van der Waals surface area contributed by atoms with Gasteiger partial charge in [0.15, 0.2) is 5.78 Å². The normalized spacial score (nSPS) is 12.1. The second kappa shape index (κ2) is 7.57. The summed E-state index contributed by atoms with van der Waals surface area (Å²) in [6.45, 7) is 3.78. The Morgan fingerprint density at radius 1 is 1.24 bits per heavy atom. The summed E-state index contributed by atoms with van der Waals surface area (Å²) in [6.07, 6.45) is 2.22. The average Bonchev–Trinajstić information content (AvgIpc) is 3.27. The van der Waals surface area contributed by atoms with Gasteiger partial charge in [0.25, 0.3) is 11.1 Å². The van der Waals surface area contributed by atoms with Crippen LogP contribution in [-0.4, -0.2) is 28.3 Å². The molecule has 0 aliphatic rings. The molecule has 3 aromatic rings. The van der Waals surface area contributed by atoms with Crippen LogP contribution in [0.15, 0.2) is 50.7 Å². The van der Waals surface area contributed by atoms with Crippen molar-refractivity contribution in [3.8, 4) is 17.2 Å². The number of Topliss-reactive ketones (excluding diaryl/α,β-unsaturated/α-hetero) is 1. The highest BCUT2D eigenvalue weighted by molar-refractivity contribution is 8.00. The van der Waals surface area contributed by atoms with Gasteiger partial charge in [-0.3, -0.25) is 4.79 Å². The van der Waals surface area contributed by atoms with Gasteiger partial charge in [0.2, 0.25) is 0 Å². The first-order chi connectivity index (χ1) is 12.1. The van der Waals surface area contributed by atoms with Crippen molar-refractivity contribution >= 4 is 17.5 Å². The number of carbonyl (C=O) groups is 1. The molecule has 0 radical (unpaired) electrons. The molecule has 0 spiro atoms. The molecule has 1 aromatic carbocycles. The van der Waals surface area contributed by atoms with Crippen molar-refractivity contribution < 1.29 is 18.4 Å². The molecule has 0 aliphatic heterocycles. The Morgan fingerprint density at radius 2 is 2.00 bits per heavy atom. The molecule has 25 heavy (non-hydrogen) atoms. The number of hydrogen-bond donors (Lipinski definition) is 0. The maximum Gasteiger partial charge on any atom is 0.277 e. The predicted molar refractivity (Wildman–Crippen MR) is 94.0 cm³/mol. The summed E-state index contributed by atoms with van der Waals surface area (Å²) in [6, 6.07) is 8.85. The molecule has 2 heterocycles. The second-order valence-electron chi connectivity index (χ2n) is 5.37. The zero-order chi connectivity index (χ0) is 17.8. The van der Waals surface area contributed by atoms with E-state index in [1.54, 1.807) is 43.7 Å². The molecule has 0 bridgehead atoms. The summed E-state index contributed by atoms with van der Waals surface area (Å²) in [5, 5.41) is 8.14. The predicted octanol–water partition coefficient (Wildman–Crippen LogP) is 4.40. The van der Waals surface area contributed by atoms with Gasteiger partial charge in [-0.15, -0.1) is 10.2 Å². The van der Waals surface area contributed by atoms with Crippen LogP contribution in [0.1, 0.15) is 29.5 Å². The summed E-state index contributed by atoms with van der Waals surface area (Å²) >= 11 is 1.27. The minimum Gasteiger partial charge on any atom is -0.497 e. The fourth-order valence-corrected chi connectivity index (χ4v) is 3.23. The number of benzene rings is 1. The highest BCUT2D eigenvalue weighted by atomic mass is 32.2. The van der Waals surface area contributed by atoms with Crippen LogP contribution < -0.4 is 4.74 Å². The van der Waals surface area contributed by atoms with Crippen molar-refractivity contribution in [2.24, 2.45) is 0 Å². The number of thioether (sulfide) groups is 1. The van der Waals surface area contributed by atoms with Crippen LogP contribution in [-0.2, 0) is 0 Å². The van der Waals surface area contributed by atoms with Gasteiger partial charge >= 0.3 is 0 Å². The van der Waals surface area contributed by atoms with Crippen LogP contribution >= 0.6 is 11.8 Å². The third-order valence-electron chi connectivity index (χ3n) is 3.78. The number of aryl methyl sites for hydroxylation is 1. The summed E-state index contributed by atoms with van der Waals surface area (Å²) in [7, 11) is 1.59. The first-order valence-electron chi connectivity index (χ1n) is 7.85. The number of ketones is 1. The van der Waals surface area contributed by atoms with Crippen LogP contribution in [0.2, 0.25) is 0 Å². The first kappa shape index (κ1) is 17.3. The molecule has 1 unspecified atom stereocenters. The van der Waals surface area contributed by atoms with Crippen LogP contribution in [0.25, 0.3) is 11.5 Å². The minimum absolute atomic E-state index is 0.0226.